The maximum Gasteiger partial charge on any atom is 0.344 e. The Kier molecular flexibility index (Phi) is 9.79. The lowest BCUT2D eigenvalue weighted by Gasteiger charge is -2.06. The zero-order valence-corrected chi connectivity index (χ0v) is 25.0. The highest BCUT2D eigenvalue weighted by Gasteiger charge is 2.11. The Morgan fingerprint density at radius 3 is 1.33 bits per heavy atom. The number of carbonyl (C=O) groups excluding carboxylic acids is 2. The van der Waals surface area contributed by atoms with E-state index in [1.165, 1.54) is 26.4 Å². The molecular weight excluding hydrogens is 584 g/mol. The van der Waals surface area contributed by atoms with Crippen LogP contribution in [0.5, 0.6) is 0 Å². The molecule has 0 radical (unpaired) electrons. The van der Waals surface area contributed by atoms with Gasteiger partial charge in [0.2, 0.25) is 0 Å². The summed E-state index contributed by atoms with van der Waals surface area (Å²) in [6.45, 7) is 0. The smallest absolute Gasteiger partial charge is 0.344 e. The van der Waals surface area contributed by atoms with E-state index in [9.17, 15) is 19.2 Å². The second kappa shape index (κ2) is 14.5. The Morgan fingerprint density at radius 1 is 0.543 bits per heavy atom. The third-order valence-corrected chi connectivity index (χ3v) is 6.99. The van der Waals surface area contributed by atoms with Crippen molar-refractivity contribution in [2.75, 3.05) is 14.2 Å². The summed E-state index contributed by atoms with van der Waals surface area (Å²) in [7, 11) is 2.64. The molecule has 0 amide bonds. The lowest BCUT2D eigenvalue weighted by molar-refractivity contribution is -0.135. The van der Waals surface area contributed by atoms with Crippen LogP contribution in [0.3, 0.4) is 0 Å². The van der Waals surface area contributed by atoms with Crippen LogP contribution in [-0.4, -0.2) is 26.2 Å². The van der Waals surface area contributed by atoms with Crippen LogP contribution in [-0.2, 0) is 19.1 Å². The lowest BCUT2D eigenvalue weighted by atomic mass is 10.0. The van der Waals surface area contributed by atoms with Gasteiger partial charge in [0.25, 0.3) is 0 Å². The minimum atomic E-state index is -0.445. The van der Waals surface area contributed by atoms with Crippen LogP contribution in [0.2, 0.25) is 0 Å². The van der Waals surface area contributed by atoms with Crippen molar-refractivity contribution in [1.82, 2.24) is 0 Å². The molecule has 2 aromatic heterocycles. The summed E-state index contributed by atoms with van der Waals surface area (Å²) in [6, 6.07) is 32.9. The average molecular weight is 613 g/mol. The number of fused-ring (bicyclic) bond motifs is 2. The summed E-state index contributed by atoms with van der Waals surface area (Å²) < 4.78 is 20.1. The molecule has 0 N–H and O–H groups in total. The second-order valence-corrected chi connectivity index (χ2v) is 9.86. The van der Waals surface area contributed by atoms with E-state index in [1.54, 1.807) is 36.4 Å². The van der Waals surface area contributed by atoms with Crippen molar-refractivity contribution in [3.8, 4) is 22.6 Å². The Labute approximate surface area is 263 Å². The highest BCUT2D eigenvalue weighted by atomic mass is 16.5. The molecule has 0 aliphatic heterocycles. The molecule has 8 heteroatoms. The normalized spacial score (nSPS) is 11.0. The van der Waals surface area contributed by atoms with Crippen LogP contribution < -0.4 is 11.3 Å². The first-order chi connectivity index (χ1) is 22.4. The molecule has 0 spiro atoms. The van der Waals surface area contributed by atoms with Crippen molar-refractivity contribution in [3.05, 3.63) is 153 Å². The van der Waals surface area contributed by atoms with Crippen molar-refractivity contribution in [2.45, 2.75) is 0 Å². The molecule has 2 heterocycles. The van der Waals surface area contributed by atoms with Crippen molar-refractivity contribution >= 4 is 45.6 Å². The fraction of sp³-hybridized carbons (Fsp3) is 0.0526. The van der Waals surface area contributed by atoms with Gasteiger partial charge in [-0.25, -0.2) is 19.2 Å². The minimum Gasteiger partial charge on any atom is -0.466 e. The van der Waals surface area contributed by atoms with Crippen LogP contribution in [0.4, 0.5) is 0 Å². The molecule has 8 nitrogen and oxygen atoms in total. The number of ether oxygens (including phenoxy) is 2. The van der Waals surface area contributed by atoms with E-state index in [2.05, 4.69) is 9.47 Å². The Bertz CT molecular complexity index is 2060. The van der Waals surface area contributed by atoms with Crippen molar-refractivity contribution in [3.63, 3.8) is 0 Å². The summed E-state index contributed by atoms with van der Waals surface area (Å²) in [5, 5.41) is 2.70. The SMILES string of the molecule is COC(=O)/C=C/c1ccccc1-c1cc2ccccc2c(=O)o1.COC(=O)/C=C/c1ccccc1-c1cc2ccccc2c(=O)o1. The molecule has 4 aromatic carbocycles. The van der Waals surface area contributed by atoms with E-state index < -0.39 is 11.9 Å². The highest BCUT2D eigenvalue weighted by Crippen LogP contribution is 2.27. The first-order valence-electron chi connectivity index (χ1n) is 14.1. The van der Waals surface area contributed by atoms with Crippen molar-refractivity contribution in [1.29, 1.82) is 0 Å². The van der Waals surface area contributed by atoms with Crippen LogP contribution >= 0.6 is 0 Å². The molecule has 0 aliphatic rings. The van der Waals surface area contributed by atoms with E-state index in [0.29, 0.717) is 22.3 Å². The first-order valence-corrected chi connectivity index (χ1v) is 14.1. The molecule has 0 atom stereocenters. The molecule has 0 aliphatic carbocycles. The van der Waals surface area contributed by atoms with Gasteiger partial charge in [0.1, 0.15) is 11.5 Å². The zero-order chi connectivity index (χ0) is 32.5. The molecule has 6 rings (SSSR count). The Morgan fingerprint density at radius 2 is 0.913 bits per heavy atom. The number of benzene rings is 4. The molecule has 46 heavy (non-hydrogen) atoms. The Hall–Kier alpha value is -6.28. The van der Waals surface area contributed by atoms with Gasteiger partial charge in [0, 0.05) is 23.3 Å². The summed E-state index contributed by atoms with van der Waals surface area (Å²) in [5.41, 5.74) is 2.22. The largest absolute Gasteiger partial charge is 0.466 e. The van der Waals surface area contributed by atoms with Gasteiger partial charge in [-0.2, -0.15) is 0 Å². The second-order valence-electron chi connectivity index (χ2n) is 9.86. The van der Waals surface area contributed by atoms with Gasteiger partial charge in [-0.15, -0.1) is 0 Å². The lowest BCUT2D eigenvalue weighted by Crippen LogP contribution is -2.00. The van der Waals surface area contributed by atoms with Gasteiger partial charge in [-0.3, -0.25) is 0 Å². The minimum absolute atomic E-state index is 0.384. The van der Waals surface area contributed by atoms with E-state index >= 15 is 0 Å². The first kappa shape index (κ1) is 31.2. The molecule has 0 fully saturated rings. The summed E-state index contributed by atoms with van der Waals surface area (Å²) in [4.78, 5) is 46.8. The van der Waals surface area contributed by atoms with Gasteiger partial charge >= 0.3 is 23.2 Å². The van der Waals surface area contributed by atoms with Gasteiger partial charge < -0.3 is 18.3 Å². The van der Waals surface area contributed by atoms with Crippen LogP contribution in [0, 0.1) is 0 Å². The zero-order valence-electron chi connectivity index (χ0n) is 25.0. The quantitative estimate of drug-likeness (QED) is 0.142. The van der Waals surface area contributed by atoms with E-state index in [1.807, 2.05) is 84.9 Å². The summed E-state index contributed by atoms with van der Waals surface area (Å²) in [5.74, 6) is 0.0252. The number of methoxy groups -OCH3 is 2. The van der Waals surface area contributed by atoms with E-state index in [0.717, 1.165) is 33.0 Å². The van der Waals surface area contributed by atoms with Gasteiger partial charge in [0.15, 0.2) is 0 Å². The molecule has 6 aromatic rings. The number of rotatable bonds is 6. The average Bonchev–Trinajstić information content (AvgIpc) is 3.10. The monoisotopic (exact) mass is 612 g/mol. The van der Waals surface area contributed by atoms with Gasteiger partial charge in [-0.05, 0) is 58.3 Å². The van der Waals surface area contributed by atoms with E-state index in [4.69, 9.17) is 8.83 Å². The molecule has 0 bridgehead atoms. The number of hydrogen-bond donors (Lipinski definition) is 0. The number of hydrogen-bond acceptors (Lipinski definition) is 8. The fourth-order valence-corrected chi connectivity index (χ4v) is 4.72. The predicted molar refractivity (Wildman–Crippen MR) is 178 cm³/mol. The van der Waals surface area contributed by atoms with Crippen molar-refractivity contribution in [2.24, 2.45) is 0 Å². The van der Waals surface area contributed by atoms with Crippen LogP contribution in [0.15, 0.2) is 140 Å². The molecule has 0 saturated carbocycles. The predicted octanol–water partition coefficient (Wildman–Crippen LogP) is 7.29. The van der Waals surface area contributed by atoms with E-state index in [-0.39, 0.29) is 11.3 Å². The third-order valence-electron chi connectivity index (χ3n) is 6.99. The summed E-state index contributed by atoms with van der Waals surface area (Å²) in [6.07, 6.45) is 5.93. The standard InChI is InChI=1S/2C19H14O4/c2*1-22-18(20)11-10-13-6-2-4-8-15(13)17-12-14-7-3-5-9-16(14)19(21)23-17/h2*2-12H,1H3/b2*11-10+. The van der Waals surface area contributed by atoms with Gasteiger partial charge in [0.05, 0.1) is 25.0 Å². The third kappa shape index (κ3) is 7.26. The molecule has 228 valence electrons. The molecule has 0 unspecified atom stereocenters. The molecular formula is C38H28O8. The van der Waals surface area contributed by atoms with Crippen LogP contribution in [0.25, 0.3) is 56.3 Å². The Balaban J connectivity index is 0.000000181. The highest BCUT2D eigenvalue weighted by molar-refractivity contribution is 5.91. The molecule has 0 saturated heterocycles. The topological polar surface area (TPSA) is 113 Å². The number of carbonyl (C=O) groups is 2. The number of esters is 2. The van der Waals surface area contributed by atoms with Crippen molar-refractivity contribution < 1.29 is 27.9 Å². The van der Waals surface area contributed by atoms with Crippen LogP contribution in [0.1, 0.15) is 11.1 Å². The fourth-order valence-electron chi connectivity index (χ4n) is 4.72. The maximum absolute atomic E-state index is 12.1. The summed E-state index contributed by atoms with van der Waals surface area (Å²) >= 11 is 0. The van der Waals surface area contributed by atoms with Gasteiger partial charge in [-0.1, -0.05) is 84.9 Å². The maximum atomic E-state index is 12.1.